The van der Waals surface area contributed by atoms with Gasteiger partial charge in [-0.25, -0.2) is 15.0 Å². The standard InChI is InChI=1S/C60H62N4OS/c1-36-50-55(66-54(36)38-23-18-15-19-24-38)51(62-35-61-50)40-29-39(30-42(31-40)58(5,6)7)44-25-20-26-49-52(44)63-56(46-33-43(59(8,9)10)34-47(53(46)65)60(11,12)13)64(49)48-28-27-41(57(2,3)4)32-45(48)37-21-16-14-17-22-37/h14-35,65H,1-13H3. The minimum absolute atomic E-state index is 0.0774. The van der Waals surface area contributed by atoms with E-state index < -0.39 is 0 Å². The molecule has 9 rings (SSSR count). The zero-order valence-corrected chi connectivity index (χ0v) is 41.7. The second-order valence-electron chi connectivity index (χ2n) is 22.1. The SMILES string of the molecule is Cc1c(-c2ccccc2)sc2c(-c3cc(-c4cccc5c4nc(-c4cc(C(C)(C)C)cc(C(C)(C)C)c4O)n5-c4ccc(C(C)(C)C)cc4-c4ccccc4)cc(C(C)(C)C)c3)ncnc12. The molecule has 0 aliphatic carbocycles. The second-order valence-corrected chi connectivity index (χ2v) is 23.1. The van der Waals surface area contributed by atoms with E-state index in [2.05, 4.69) is 222 Å². The van der Waals surface area contributed by atoms with Crippen molar-refractivity contribution < 1.29 is 5.11 Å². The quantitative estimate of drug-likeness (QED) is 0.181. The Morgan fingerprint density at radius 2 is 1.11 bits per heavy atom. The minimum Gasteiger partial charge on any atom is -0.507 e. The first-order valence-corrected chi connectivity index (χ1v) is 24.0. The van der Waals surface area contributed by atoms with Gasteiger partial charge in [0.25, 0.3) is 0 Å². The van der Waals surface area contributed by atoms with Gasteiger partial charge in [0.15, 0.2) is 0 Å². The molecular weight excluding hydrogens is 825 g/mol. The van der Waals surface area contributed by atoms with Gasteiger partial charge in [0, 0.05) is 27.1 Å². The summed E-state index contributed by atoms with van der Waals surface area (Å²) in [5.41, 5.74) is 16.8. The highest BCUT2D eigenvalue weighted by Gasteiger charge is 2.30. The van der Waals surface area contributed by atoms with Crippen LogP contribution in [0.25, 0.3) is 82.3 Å². The van der Waals surface area contributed by atoms with Crippen LogP contribution in [0, 0.1) is 6.92 Å². The van der Waals surface area contributed by atoms with Gasteiger partial charge in [-0.05, 0) is 104 Å². The predicted octanol–water partition coefficient (Wildman–Crippen LogP) is 16.6. The van der Waals surface area contributed by atoms with Gasteiger partial charge in [0.05, 0.1) is 38.2 Å². The molecule has 66 heavy (non-hydrogen) atoms. The largest absolute Gasteiger partial charge is 0.507 e. The number of phenols is 1. The summed E-state index contributed by atoms with van der Waals surface area (Å²) in [4.78, 5) is 16.8. The Morgan fingerprint density at radius 3 is 1.74 bits per heavy atom. The molecule has 0 saturated carbocycles. The zero-order chi connectivity index (χ0) is 47.1. The summed E-state index contributed by atoms with van der Waals surface area (Å²) >= 11 is 1.76. The zero-order valence-electron chi connectivity index (χ0n) is 40.8. The summed E-state index contributed by atoms with van der Waals surface area (Å²) < 4.78 is 3.37. The number of rotatable bonds is 6. The maximum absolute atomic E-state index is 12.6. The van der Waals surface area contributed by atoms with E-state index in [1.807, 2.05) is 0 Å². The van der Waals surface area contributed by atoms with E-state index in [4.69, 9.17) is 15.0 Å². The van der Waals surface area contributed by atoms with Crippen LogP contribution in [0.3, 0.4) is 0 Å². The average Bonchev–Trinajstić information content (AvgIpc) is 3.83. The van der Waals surface area contributed by atoms with Crippen molar-refractivity contribution in [1.29, 1.82) is 0 Å². The Bertz CT molecular complexity index is 3290. The van der Waals surface area contributed by atoms with E-state index in [9.17, 15) is 5.11 Å². The van der Waals surface area contributed by atoms with Crippen LogP contribution in [0.5, 0.6) is 5.75 Å². The van der Waals surface area contributed by atoms with Crippen molar-refractivity contribution in [2.75, 3.05) is 0 Å². The van der Waals surface area contributed by atoms with Gasteiger partial charge < -0.3 is 5.11 Å². The topological polar surface area (TPSA) is 63.8 Å². The Hall–Kier alpha value is -6.37. The van der Waals surface area contributed by atoms with Crippen LogP contribution in [-0.4, -0.2) is 24.6 Å². The first kappa shape index (κ1) is 44.8. The third-order valence-electron chi connectivity index (χ3n) is 13.0. The highest BCUT2D eigenvalue weighted by Crippen LogP contribution is 2.47. The summed E-state index contributed by atoms with van der Waals surface area (Å²) in [6, 6.07) is 45.9. The molecule has 6 heteroatoms. The van der Waals surface area contributed by atoms with Crippen LogP contribution in [0.4, 0.5) is 0 Å². The number of phenolic OH excluding ortho intramolecular Hbond substituents is 1. The highest BCUT2D eigenvalue weighted by molar-refractivity contribution is 7.23. The lowest BCUT2D eigenvalue weighted by Gasteiger charge is -2.28. The number of nitrogens with zero attached hydrogens (tertiary/aromatic N) is 4. The summed E-state index contributed by atoms with van der Waals surface area (Å²) in [5.74, 6) is 0.950. The van der Waals surface area contributed by atoms with Crippen molar-refractivity contribution in [3.8, 4) is 66.8 Å². The van der Waals surface area contributed by atoms with Crippen molar-refractivity contribution >= 4 is 32.6 Å². The number of aromatic hydroxyl groups is 1. The molecule has 5 nitrogen and oxygen atoms in total. The maximum atomic E-state index is 12.6. The van der Waals surface area contributed by atoms with Gasteiger partial charge >= 0.3 is 0 Å². The molecule has 0 atom stereocenters. The van der Waals surface area contributed by atoms with Gasteiger partial charge in [-0.15, -0.1) is 11.3 Å². The number of hydrogen-bond acceptors (Lipinski definition) is 5. The Balaban J connectivity index is 1.37. The molecule has 0 amide bonds. The summed E-state index contributed by atoms with van der Waals surface area (Å²) in [6.07, 6.45) is 1.71. The van der Waals surface area contributed by atoms with Crippen LogP contribution in [0.2, 0.25) is 0 Å². The molecule has 334 valence electrons. The molecular formula is C60H62N4OS. The van der Waals surface area contributed by atoms with Gasteiger partial charge in [0.1, 0.15) is 17.9 Å². The van der Waals surface area contributed by atoms with Crippen molar-refractivity contribution in [3.63, 3.8) is 0 Å². The minimum atomic E-state index is -0.329. The average molecular weight is 887 g/mol. The first-order valence-electron chi connectivity index (χ1n) is 23.2. The molecule has 0 fully saturated rings. The molecule has 6 aromatic carbocycles. The van der Waals surface area contributed by atoms with Crippen LogP contribution in [0.15, 0.2) is 134 Å². The van der Waals surface area contributed by atoms with E-state index >= 15 is 0 Å². The molecule has 3 aromatic heterocycles. The number of hydrogen-bond donors (Lipinski definition) is 1. The first-order chi connectivity index (χ1) is 31.1. The molecule has 0 radical (unpaired) electrons. The van der Waals surface area contributed by atoms with Crippen molar-refractivity contribution in [1.82, 2.24) is 19.5 Å². The highest BCUT2D eigenvalue weighted by atomic mass is 32.1. The Kier molecular flexibility index (Phi) is 11.0. The Morgan fingerprint density at radius 1 is 0.500 bits per heavy atom. The second kappa shape index (κ2) is 16.2. The van der Waals surface area contributed by atoms with E-state index in [-0.39, 0.29) is 27.4 Å². The van der Waals surface area contributed by atoms with E-state index in [1.54, 1.807) is 17.7 Å². The van der Waals surface area contributed by atoms with Gasteiger partial charge in [-0.1, -0.05) is 174 Å². The number of thiophene rings is 1. The summed E-state index contributed by atoms with van der Waals surface area (Å²) in [7, 11) is 0. The van der Waals surface area contributed by atoms with Crippen LogP contribution >= 0.6 is 11.3 Å². The number of aryl methyl sites for hydroxylation is 1. The molecule has 1 N–H and O–H groups in total. The molecule has 3 heterocycles. The number of benzene rings is 6. The number of aromatic nitrogens is 4. The maximum Gasteiger partial charge on any atom is 0.149 e. The third kappa shape index (κ3) is 8.15. The van der Waals surface area contributed by atoms with Gasteiger partial charge in [-0.3, -0.25) is 4.57 Å². The fourth-order valence-corrected chi connectivity index (χ4v) is 10.3. The van der Waals surface area contributed by atoms with Gasteiger partial charge in [0.2, 0.25) is 0 Å². The van der Waals surface area contributed by atoms with E-state index in [0.717, 1.165) is 71.6 Å². The normalized spacial score (nSPS) is 12.7. The lowest BCUT2D eigenvalue weighted by molar-refractivity contribution is 0.446. The van der Waals surface area contributed by atoms with Crippen LogP contribution in [-0.2, 0) is 21.7 Å². The van der Waals surface area contributed by atoms with Crippen molar-refractivity contribution in [2.45, 2.75) is 112 Å². The molecule has 0 aliphatic heterocycles. The third-order valence-corrected chi connectivity index (χ3v) is 14.4. The van der Waals surface area contributed by atoms with Crippen LogP contribution < -0.4 is 0 Å². The Labute approximate surface area is 395 Å². The van der Waals surface area contributed by atoms with Crippen molar-refractivity contribution in [2.24, 2.45) is 0 Å². The number of imidazole rings is 1. The van der Waals surface area contributed by atoms with Crippen LogP contribution in [0.1, 0.15) is 111 Å². The molecule has 0 unspecified atom stereocenters. The molecule has 0 bridgehead atoms. The lowest BCUT2D eigenvalue weighted by atomic mass is 9.79. The number of fused-ring (bicyclic) bond motifs is 2. The van der Waals surface area contributed by atoms with E-state index in [0.29, 0.717) is 11.4 Å². The summed E-state index contributed by atoms with van der Waals surface area (Å²) in [6.45, 7) is 29.0. The monoisotopic (exact) mass is 886 g/mol. The number of para-hydroxylation sites is 1. The fraction of sp³-hybridized carbons (Fsp3) is 0.283. The predicted molar refractivity (Wildman–Crippen MR) is 280 cm³/mol. The van der Waals surface area contributed by atoms with Gasteiger partial charge in [-0.2, -0.15) is 0 Å². The molecule has 9 aromatic rings. The molecule has 0 aliphatic rings. The lowest BCUT2D eigenvalue weighted by Crippen LogP contribution is -2.17. The summed E-state index contributed by atoms with van der Waals surface area (Å²) in [5, 5.41) is 12.6. The smallest absolute Gasteiger partial charge is 0.149 e. The fourth-order valence-electron chi connectivity index (χ4n) is 9.06. The van der Waals surface area contributed by atoms with Crippen molar-refractivity contribution in [3.05, 3.63) is 162 Å². The molecule has 0 spiro atoms. The van der Waals surface area contributed by atoms with E-state index in [1.165, 1.54) is 27.1 Å². The molecule has 0 saturated heterocycles.